The number of ether oxygens (including phenoxy) is 2. The Balaban J connectivity index is 0.00000289. The van der Waals surface area contributed by atoms with Crippen molar-refractivity contribution in [3.63, 3.8) is 0 Å². The van der Waals surface area contributed by atoms with Crippen LogP contribution >= 0.6 is 12.4 Å². The van der Waals surface area contributed by atoms with E-state index in [9.17, 15) is 4.79 Å². The van der Waals surface area contributed by atoms with Gasteiger partial charge in [0.1, 0.15) is 5.82 Å². The minimum atomic E-state index is -0.228. The Morgan fingerprint density at radius 1 is 1.00 bits per heavy atom. The summed E-state index contributed by atoms with van der Waals surface area (Å²) < 4.78 is 12.7. The molecule has 0 aliphatic carbocycles. The van der Waals surface area contributed by atoms with Gasteiger partial charge < -0.3 is 14.4 Å². The maximum absolute atomic E-state index is 13.0. The molecule has 0 bridgehead atoms. The van der Waals surface area contributed by atoms with E-state index in [1.165, 1.54) is 16.7 Å². The SMILES string of the molecule is CCN(c1cc2n(c(=O)n1)CCc1cc(OC)c(OC)cc1-2)c1c(C)cc(C)cc1C.Cl. The molecule has 0 N–H and O–H groups in total. The number of hydrogen-bond donors (Lipinski definition) is 0. The van der Waals surface area contributed by atoms with E-state index in [2.05, 4.69) is 49.7 Å². The van der Waals surface area contributed by atoms with Gasteiger partial charge in [-0.2, -0.15) is 4.98 Å². The Morgan fingerprint density at radius 2 is 1.62 bits per heavy atom. The van der Waals surface area contributed by atoms with Crippen LogP contribution in [0, 0.1) is 20.8 Å². The van der Waals surface area contributed by atoms with Gasteiger partial charge in [-0.1, -0.05) is 17.7 Å². The first-order chi connectivity index (χ1) is 14.9. The third kappa shape index (κ3) is 3.95. The maximum Gasteiger partial charge on any atom is 0.350 e. The smallest absolute Gasteiger partial charge is 0.350 e. The first kappa shape index (κ1) is 23.7. The van der Waals surface area contributed by atoms with E-state index >= 15 is 0 Å². The molecule has 2 heterocycles. The van der Waals surface area contributed by atoms with E-state index < -0.39 is 0 Å². The van der Waals surface area contributed by atoms with Crippen molar-refractivity contribution >= 4 is 23.9 Å². The maximum atomic E-state index is 13.0. The van der Waals surface area contributed by atoms with Crippen LogP contribution in [0.2, 0.25) is 0 Å². The molecule has 0 saturated heterocycles. The minimum absolute atomic E-state index is 0. The Hall–Kier alpha value is -2.99. The number of methoxy groups -OCH3 is 2. The molecule has 2 aromatic carbocycles. The third-order valence-corrected chi connectivity index (χ3v) is 5.99. The molecule has 0 unspecified atom stereocenters. The number of aryl methyl sites for hydroxylation is 4. The summed E-state index contributed by atoms with van der Waals surface area (Å²) in [5, 5.41) is 0. The van der Waals surface area contributed by atoms with Crippen LogP contribution in [0.5, 0.6) is 11.5 Å². The fourth-order valence-electron chi connectivity index (χ4n) is 4.70. The van der Waals surface area contributed by atoms with Crippen LogP contribution in [-0.2, 0) is 13.0 Å². The van der Waals surface area contributed by atoms with Gasteiger partial charge in [-0.25, -0.2) is 4.79 Å². The molecule has 0 spiro atoms. The number of halogens is 1. The first-order valence-electron chi connectivity index (χ1n) is 10.6. The molecular formula is C25H30ClN3O3. The second-order valence-corrected chi connectivity index (χ2v) is 8.04. The van der Waals surface area contributed by atoms with Crippen LogP contribution in [-0.4, -0.2) is 30.3 Å². The molecule has 0 fully saturated rings. The average molecular weight is 456 g/mol. The number of nitrogens with zero attached hydrogens (tertiary/aromatic N) is 3. The molecule has 1 aliphatic rings. The van der Waals surface area contributed by atoms with Gasteiger partial charge in [-0.05, 0) is 62.9 Å². The normalized spacial score (nSPS) is 11.8. The van der Waals surface area contributed by atoms with Crippen LogP contribution in [0.3, 0.4) is 0 Å². The van der Waals surface area contributed by atoms with E-state index in [4.69, 9.17) is 9.47 Å². The lowest BCUT2D eigenvalue weighted by Crippen LogP contribution is -2.31. The molecule has 7 heteroatoms. The number of benzene rings is 2. The highest BCUT2D eigenvalue weighted by Gasteiger charge is 2.24. The molecule has 1 aliphatic heterocycles. The summed E-state index contributed by atoms with van der Waals surface area (Å²) in [5.74, 6) is 2.02. The quantitative estimate of drug-likeness (QED) is 0.542. The molecule has 0 atom stereocenters. The molecule has 3 aromatic rings. The van der Waals surface area contributed by atoms with Gasteiger partial charge in [0.15, 0.2) is 11.5 Å². The summed E-state index contributed by atoms with van der Waals surface area (Å²) in [6, 6.07) is 10.3. The molecule has 0 amide bonds. The predicted molar refractivity (Wildman–Crippen MR) is 131 cm³/mol. The number of fused-ring (bicyclic) bond motifs is 3. The first-order valence-corrected chi connectivity index (χ1v) is 10.6. The highest BCUT2D eigenvalue weighted by molar-refractivity contribution is 5.85. The standard InChI is InChI=1S/C25H29N3O3.ClH/c1-7-27(24-16(3)10-15(2)11-17(24)4)23-14-20-19-13-22(31-6)21(30-5)12-18(19)8-9-28(20)25(29)26-23;/h10-14H,7-9H2,1-6H3;1H. The Bertz CT molecular complexity index is 1200. The van der Waals surface area contributed by atoms with Crippen molar-refractivity contribution < 1.29 is 9.47 Å². The van der Waals surface area contributed by atoms with E-state index in [1.54, 1.807) is 18.8 Å². The Labute approximate surface area is 195 Å². The zero-order chi connectivity index (χ0) is 22.3. The van der Waals surface area contributed by atoms with Crippen molar-refractivity contribution in [2.75, 3.05) is 25.7 Å². The number of hydrogen-bond acceptors (Lipinski definition) is 5. The number of aromatic nitrogens is 2. The van der Waals surface area contributed by atoms with E-state index in [0.717, 1.165) is 28.9 Å². The van der Waals surface area contributed by atoms with E-state index in [0.29, 0.717) is 30.4 Å². The highest BCUT2D eigenvalue weighted by atomic mass is 35.5. The van der Waals surface area contributed by atoms with Gasteiger partial charge in [0.05, 0.1) is 19.9 Å². The van der Waals surface area contributed by atoms with Crippen molar-refractivity contribution in [2.45, 2.75) is 40.7 Å². The number of rotatable bonds is 5. The second kappa shape index (κ2) is 9.25. The summed E-state index contributed by atoms with van der Waals surface area (Å²) in [7, 11) is 3.26. The van der Waals surface area contributed by atoms with Gasteiger partial charge in [0, 0.05) is 30.4 Å². The second-order valence-electron chi connectivity index (χ2n) is 8.04. The van der Waals surface area contributed by atoms with Gasteiger partial charge in [0.25, 0.3) is 0 Å². The van der Waals surface area contributed by atoms with Crippen molar-refractivity contribution in [1.82, 2.24) is 9.55 Å². The van der Waals surface area contributed by atoms with Crippen molar-refractivity contribution in [3.8, 4) is 22.8 Å². The molecule has 0 radical (unpaired) electrons. The van der Waals surface area contributed by atoms with Crippen LogP contribution in [0.4, 0.5) is 11.5 Å². The molecule has 4 rings (SSSR count). The summed E-state index contributed by atoms with van der Waals surface area (Å²) in [6.45, 7) is 9.70. The van der Waals surface area contributed by atoms with E-state index in [-0.39, 0.29) is 18.1 Å². The van der Waals surface area contributed by atoms with Crippen LogP contribution in [0.1, 0.15) is 29.2 Å². The lowest BCUT2D eigenvalue weighted by Gasteiger charge is -2.29. The molecule has 170 valence electrons. The molecule has 0 saturated carbocycles. The fraction of sp³-hybridized carbons (Fsp3) is 0.360. The minimum Gasteiger partial charge on any atom is -0.493 e. The monoisotopic (exact) mass is 455 g/mol. The van der Waals surface area contributed by atoms with Crippen LogP contribution in [0.25, 0.3) is 11.3 Å². The van der Waals surface area contributed by atoms with Gasteiger partial charge in [-0.3, -0.25) is 4.57 Å². The molecular weight excluding hydrogens is 426 g/mol. The molecule has 32 heavy (non-hydrogen) atoms. The Kier molecular flexibility index (Phi) is 6.84. The van der Waals surface area contributed by atoms with Crippen molar-refractivity contribution in [2.24, 2.45) is 0 Å². The fourth-order valence-corrected chi connectivity index (χ4v) is 4.70. The van der Waals surface area contributed by atoms with E-state index in [1.807, 2.05) is 18.2 Å². The zero-order valence-electron chi connectivity index (χ0n) is 19.5. The highest BCUT2D eigenvalue weighted by Crippen LogP contribution is 2.39. The van der Waals surface area contributed by atoms with Gasteiger partial charge in [0.2, 0.25) is 0 Å². The summed E-state index contributed by atoms with van der Waals surface area (Å²) in [4.78, 5) is 19.6. The van der Waals surface area contributed by atoms with Gasteiger partial charge in [-0.15, -0.1) is 12.4 Å². The largest absolute Gasteiger partial charge is 0.493 e. The third-order valence-electron chi connectivity index (χ3n) is 5.99. The van der Waals surface area contributed by atoms with Crippen molar-refractivity contribution in [3.05, 3.63) is 63.1 Å². The number of anilines is 2. The predicted octanol–water partition coefficient (Wildman–Crippen LogP) is 4.99. The Morgan fingerprint density at radius 3 is 2.22 bits per heavy atom. The summed E-state index contributed by atoms with van der Waals surface area (Å²) >= 11 is 0. The van der Waals surface area contributed by atoms with Gasteiger partial charge >= 0.3 is 5.69 Å². The lowest BCUT2D eigenvalue weighted by atomic mass is 9.96. The topological polar surface area (TPSA) is 56.6 Å². The molecule has 6 nitrogen and oxygen atoms in total. The average Bonchev–Trinajstić information content (AvgIpc) is 2.74. The van der Waals surface area contributed by atoms with Crippen LogP contribution in [0.15, 0.2) is 35.1 Å². The molecule has 1 aromatic heterocycles. The van der Waals surface area contributed by atoms with Crippen LogP contribution < -0.4 is 20.1 Å². The summed E-state index contributed by atoms with van der Waals surface area (Å²) in [6.07, 6.45) is 0.747. The zero-order valence-corrected chi connectivity index (χ0v) is 20.3. The lowest BCUT2D eigenvalue weighted by molar-refractivity contribution is 0.354. The summed E-state index contributed by atoms with van der Waals surface area (Å²) in [5.41, 5.74) is 7.43. The van der Waals surface area contributed by atoms with Crippen molar-refractivity contribution in [1.29, 1.82) is 0 Å².